The molecule has 0 N–H and O–H groups in total. The zero-order chi connectivity index (χ0) is 19.5. The van der Waals surface area contributed by atoms with Crippen LogP contribution in [0.5, 0.6) is 0 Å². The number of rotatable bonds is 5. The largest absolute Gasteiger partial charge is 0.342 e. The second-order valence-electron chi connectivity index (χ2n) is 8.95. The molecule has 2 saturated heterocycles. The van der Waals surface area contributed by atoms with Crippen molar-refractivity contribution in [2.75, 3.05) is 26.2 Å². The first-order chi connectivity index (χ1) is 12.9. The fourth-order valence-corrected chi connectivity index (χ4v) is 4.40. The summed E-state index contributed by atoms with van der Waals surface area (Å²) < 4.78 is 0. The van der Waals surface area contributed by atoms with E-state index in [9.17, 15) is 9.59 Å². The minimum Gasteiger partial charge on any atom is -0.342 e. The first kappa shape index (κ1) is 19.8. The summed E-state index contributed by atoms with van der Waals surface area (Å²) in [7, 11) is 0. The van der Waals surface area contributed by atoms with Gasteiger partial charge in [0.05, 0.1) is 0 Å². The highest BCUT2D eigenvalue weighted by Gasteiger charge is 2.44. The summed E-state index contributed by atoms with van der Waals surface area (Å²) in [5, 5.41) is 0. The van der Waals surface area contributed by atoms with Crippen LogP contribution in [0.3, 0.4) is 0 Å². The maximum atomic E-state index is 13.0. The van der Waals surface area contributed by atoms with Crippen LogP contribution in [0, 0.1) is 10.8 Å². The van der Waals surface area contributed by atoms with E-state index in [-0.39, 0.29) is 22.6 Å². The van der Waals surface area contributed by atoms with Crippen LogP contribution in [0.25, 0.3) is 0 Å². The average Bonchev–Trinajstić information content (AvgIpc) is 2.69. The highest BCUT2D eigenvalue weighted by atomic mass is 16.2. The molecule has 0 saturated carbocycles. The van der Waals surface area contributed by atoms with Crippen LogP contribution in [-0.4, -0.2) is 52.8 Å². The molecule has 2 fully saturated rings. The Morgan fingerprint density at radius 3 is 2.78 bits per heavy atom. The highest BCUT2D eigenvalue weighted by Crippen LogP contribution is 2.40. The third-order valence-electron chi connectivity index (χ3n) is 6.52. The molecule has 3 heterocycles. The van der Waals surface area contributed by atoms with E-state index < -0.39 is 0 Å². The minimum atomic E-state index is -0.304. The fourth-order valence-electron chi connectivity index (χ4n) is 4.40. The van der Waals surface area contributed by atoms with Gasteiger partial charge in [0.1, 0.15) is 0 Å². The van der Waals surface area contributed by atoms with Gasteiger partial charge in [-0.3, -0.25) is 14.6 Å². The summed E-state index contributed by atoms with van der Waals surface area (Å²) in [6.45, 7) is 9.30. The smallest absolute Gasteiger partial charge is 0.228 e. The molecule has 148 valence electrons. The molecule has 5 nitrogen and oxygen atoms in total. The van der Waals surface area contributed by atoms with Crippen molar-refractivity contribution in [3.8, 4) is 0 Å². The van der Waals surface area contributed by atoms with Gasteiger partial charge in [0.25, 0.3) is 0 Å². The molecule has 27 heavy (non-hydrogen) atoms. The fraction of sp³-hybridized carbons (Fsp3) is 0.682. The quantitative estimate of drug-likeness (QED) is 0.798. The van der Waals surface area contributed by atoms with Crippen LogP contribution >= 0.6 is 0 Å². The number of nitrogens with zero attached hydrogens (tertiary/aromatic N) is 3. The second-order valence-corrected chi connectivity index (χ2v) is 8.95. The maximum Gasteiger partial charge on any atom is 0.228 e. The number of hydrogen-bond acceptors (Lipinski definition) is 3. The summed E-state index contributed by atoms with van der Waals surface area (Å²) in [6, 6.07) is 5.91. The number of carbonyl (C=O) groups is 2. The molecule has 0 bridgehead atoms. The molecule has 2 aliphatic rings. The van der Waals surface area contributed by atoms with Crippen LogP contribution in [0.15, 0.2) is 24.4 Å². The monoisotopic (exact) mass is 371 g/mol. The minimum absolute atomic E-state index is 0.0652. The Balaban J connectivity index is 1.66. The van der Waals surface area contributed by atoms with Crippen LogP contribution < -0.4 is 0 Å². The SMILES string of the molecule is CCC(C)(C)C(=O)N1CCCC2(CCC(=O)N(CCc3ccccn3)C2)C1. The number of aromatic nitrogens is 1. The molecule has 1 aromatic heterocycles. The lowest BCUT2D eigenvalue weighted by molar-refractivity contribution is -0.148. The summed E-state index contributed by atoms with van der Waals surface area (Å²) >= 11 is 0. The summed E-state index contributed by atoms with van der Waals surface area (Å²) in [5.74, 6) is 0.509. The summed E-state index contributed by atoms with van der Waals surface area (Å²) in [4.78, 5) is 33.9. The van der Waals surface area contributed by atoms with Gasteiger partial charge in [0, 0.05) is 61.7 Å². The van der Waals surface area contributed by atoms with Crippen molar-refractivity contribution in [1.29, 1.82) is 0 Å². The number of pyridine rings is 1. The normalized spacial score (nSPS) is 23.7. The van der Waals surface area contributed by atoms with Crippen LogP contribution in [0.1, 0.15) is 58.6 Å². The lowest BCUT2D eigenvalue weighted by atomic mass is 9.73. The van der Waals surface area contributed by atoms with Crippen molar-refractivity contribution in [2.24, 2.45) is 10.8 Å². The van der Waals surface area contributed by atoms with Crippen molar-refractivity contribution in [2.45, 2.75) is 59.3 Å². The van der Waals surface area contributed by atoms with Crippen LogP contribution in [0.2, 0.25) is 0 Å². The molecule has 0 aliphatic carbocycles. The standard InChI is InChI=1S/C22H33N3O2/c1-4-21(2,3)20(27)25-14-7-11-22(17-25)12-9-19(26)24(16-22)15-10-18-8-5-6-13-23-18/h5-6,8,13H,4,7,9-12,14-17H2,1-3H3. The predicted molar refractivity (Wildman–Crippen MR) is 106 cm³/mol. The van der Waals surface area contributed by atoms with Crippen LogP contribution in [-0.2, 0) is 16.0 Å². The second kappa shape index (κ2) is 7.99. The number of amides is 2. The molecule has 3 rings (SSSR count). The van der Waals surface area contributed by atoms with Crippen molar-refractivity contribution in [3.63, 3.8) is 0 Å². The Bertz CT molecular complexity index is 673. The van der Waals surface area contributed by atoms with Gasteiger partial charge >= 0.3 is 0 Å². The summed E-state index contributed by atoms with van der Waals surface area (Å²) in [6.07, 6.45) is 7.08. The van der Waals surface area contributed by atoms with Gasteiger partial charge in [0.15, 0.2) is 0 Å². The van der Waals surface area contributed by atoms with E-state index in [1.54, 1.807) is 6.20 Å². The third kappa shape index (κ3) is 4.50. The van der Waals surface area contributed by atoms with Gasteiger partial charge < -0.3 is 9.80 Å². The van der Waals surface area contributed by atoms with Crippen molar-refractivity contribution >= 4 is 11.8 Å². The molecule has 2 amide bonds. The number of piperidine rings is 2. The Hall–Kier alpha value is -1.91. The molecule has 1 unspecified atom stereocenters. The zero-order valence-electron chi connectivity index (χ0n) is 17.0. The van der Waals surface area contributed by atoms with Gasteiger partial charge in [-0.25, -0.2) is 0 Å². The molecule has 1 aromatic rings. The third-order valence-corrected chi connectivity index (χ3v) is 6.52. The summed E-state index contributed by atoms with van der Waals surface area (Å²) in [5.41, 5.74) is 0.785. The van der Waals surface area contributed by atoms with E-state index in [1.807, 2.05) is 36.9 Å². The molecule has 1 spiro atoms. The molecule has 1 atom stereocenters. The van der Waals surface area contributed by atoms with Gasteiger partial charge in [-0.1, -0.05) is 26.8 Å². The molecule has 0 aromatic carbocycles. The van der Waals surface area contributed by atoms with Gasteiger partial charge in [-0.2, -0.15) is 0 Å². The molecular formula is C22H33N3O2. The lowest BCUT2D eigenvalue weighted by Gasteiger charge is -2.49. The van der Waals surface area contributed by atoms with E-state index in [1.165, 1.54) is 0 Å². The van der Waals surface area contributed by atoms with Gasteiger partial charge in [0.2, 0.25) is 11.8 Å². The zero-order valence-corrected chi connectivity index (χ0v) is 17.0. The van der Waals surface area contributed by atoms with E-state index in [0.717, 1.165) is 57.4 Å². The van der Waals surface area contributed by atoms with Gasteiger partial charge in [-0.05, 0) is 37.8 Å². The van der Waals surface area contributed by atoms with E-state index in [0.29, 0.717) is 13.0 Å². The van der Waals surface area contributed by atoms with E-state index >= 15 is 0 Å². The van der Waals surface area contributed by atoms with Crippen molar-refractivity contribution in [3.05, 3.63) is 30.1 Å². The lowest BCUT2D eigenvalue weighted by Crippen LogP contribution is -2.56. The Kier molecular flexibility index (Phi) is 5.87. The first-order valence-electron chi connectivity index (χ1n) is 10.3. The Morgan fingerprint density at radius 2 is 2.07 bits per heavy atom. The number of likely N-dealkylation sites (tertiary alicyclic amines) is 2. The predicted octanol–water partition coefficient (Wildman–Crippen LogP) is 3.29. The van der Waals surface area contributed by atoms with Crippen LogP contribution in [0.4, 0.5) is 0 Å². The van der Waals surface area contributed by atoms with Crippen molar-refractivity contribution in [1.82, 2.24) is 14.8 Å². The number of carbonyl (C=O) groups excluding carboxylic acids is 2. The molecule has 5 heteroatoms. The van der Waals surface area contributed by atoms with E-state index in [2.05, 4.69) is 16.8 Å². The molecular weight excluding hydrogens is 338 g/mol. The Morgan fingerprint density at radius 1 is 1.26 bits per heavy atom. The topological polar surface area (TPSA) is 53.5 Å². The first-order valence-corrected chi connectivity index (χ1v) is 10.3. The van der Waals surface area contributed by atoms with Crippen molar-refractivity contribution < 1.29 is 9.59 Å². The Labute approximate surface area is 163 Å². The maximum absolute atomic E-state index is 13.0. The van der Waals surface area contributed by atoms with E-state index in [4.69, 9.17) is 0 Å². The highest BCUT2D eigenvalue weighted by molar-refractivity contribution is 5.82. The van der Waals surface area contributed by atoms with Gasteiger partial charge in [-0.15, -0.1) is 0 Å². The molecule has 2 aliphatic heterocycles. The number of hydrogen-bond donors (Lipinski definition) is 0. The molecule has 0 radical (unpaired) electrons. The average molecular weight is 372 g/mol.